The molecule has 2 aromatic rings. The lowest BCUT2D eigenvalue weighted by Crippen LogP contribution is -2.48. The van der Waals surface area contributed by atoms with E-state index in [-0.39, 0.29) is 24.0 Å². The molecule has 0 aromatic carbocycles. The van der Waals surface area contributed by atoms with Crippen molar-refractivity contribution in [2.45, 2.75) is 26.3 Å². The molecule has 0 aliphatic carbocycles. The topological polar surface area (TPSA) is 73.1 Å². The number of morpholine rings is 1. The average Bonchev–Trinajstić information content (AvgIpc) is 2.58. The van der Waals surface area contributed by atoms with Crippen LogP contribution < -0.4 is 10.5 Å². The molecule has 2 aromatic heterocycles. The molecule has 0 radical (unpaired) electrons. The number of rotatable bonds is 4. The zero-order valence-electron chi connectivity index (χ0n) is 14.8. The van der Waals surface area contributed by atoms with E-state index < -0.39 is 0 Å². The van der Waals surface area contributed by atoms with Crippen LogP contribution in [-0.4, -0.2) is 45.3 Å². The summed E-state index contributed by atoms with van der Waals surface area (Å²) in [5.41, 5.74) is 1.13. The van der Waals surface area contributed by atoms with Gasteiger partial charge in [-0.15, -0.1) is 12.4 Å². The van der Waals surface area contributed by atoms with Crippen LogP contribution >= 0.6 is 12.4 Å². The molecule has 1 aliphatic rings. The predicted molar refractivity (Wildman–Crippen MR) is 99.2 cm³/mol. The van der Waals surface area contributed by atoms with Crippen LogP contribution in [0.25, 0.3) is 11.4 Å². The highest BCUT2D eigenvalue weighted by Crippen LogP contribution is 2.23. The summed E-state index contributed by atoms with van der Waals surface area (Å²) in [5, 5.41) is 0. The predicted octanol–water partition coefficient (Wildman–Crippen LogP) is 1.91. The third kappa shape index (κ3) is 4.35. The number of anilines is 1. The van der Waals surface area contributed by atoms with Gasteiger partial charge in [-0.05, 0) is 18.4 Å². The summed E-state index contributed by atoms with van der Waals surface area (Å²) in [6.07, 6.45) is 4.11. The zero-order valence-corrected chi connectivity index (χ0v) is 15.6. The van der Waals surface area contributed by atoms with Gasteiger partial charge in [-0.3, -0.25) is 9.36 Å². The summed E-state index contributed by atoms with van der Waals surface area (Å²) >= 11 is 0. The van der Waals surface area contributed by atoms with E-state index in [1.165, 1.54) is 12.4 Å². The smallest absolute Gasteiger partial charge is 0.255 e. The van der Waals surface area contributed by atoms with Gasteiger partial charge in [-0.1, -0.05) is 13.8 Å². The summed E-state index contributed by atoms with van der Waals surface area (Å²) in [5.74, 6) is 1.21. The third-order valence-electron chi connectivity index (χ3n) is 4.18. The van der Waals surface area contributed by atoms with Gasteiger partial charge in [0, 0.05) is 25.9 Å². The maximum atomic E-state index is 12.4. The van der Waals surface area contributed by atoms with Gasteiger partial charge < -0.3 is 9.64 Å². The summed E-state index contributed by atoms with van der Waals surface area (Å²) in [6, 6.07) is 3.50. The SMILES string of the molecule is CC(C)C[C@@H]1COCCN1c1nc(-c2ccncn2)cc(=O)n1C.Cl. The Bertz CT molecular complexity index is 750. The molecule has 1 saturated heterocycles. The van der Waals surface area contributed by atoms with Gasteiger partial charge in [0.15, 0.2) is 0 Å². The first-order chi connectivity index (χ1) is 11.6. The number of hydrogen-bond acceptors (Lipinski definition) is 6. The van der Waals surface area contributed by atoms with Crippen molar-refractivity contribution in [1.29, 1.82) is 0 Å². The van der Waals surface area contributed by atoms with Crippen LogP contribution in [0.2, 0.25) is 0 Å². The molecule has 0 saturated carbocycles. The quantitative estimate of drug-likeness (QED) is 0.824. The number of aromatic nitrogens is 4. The van der Waals surface area contributed by atoms with Crippen molar-refractivity contribution in [3.05, 3.63) is 35.0 Å². The van der Waals surface area contributed by atoms with Crippen molar-refractivity contribution >= 4 is 18.4 Å². The van der Waals surface area contributed by atoms with Crippen LogP contribution in [0.1, 0.15) is 20.3 Å². The van der Waals surface area contributed by atoms with Gasteiger partial charge in [-0.25, -0.2) is 15.0 Å². The molecule has 3 heterocycles. The second-order valence-corrected chi connectivity index (χ2v) is 6.48. The van der Waals surface area contributed by atoms with Crippen LogP contribution in [-0.2, 0) is 11.8 Å². The van der Waals surface area contributed by atoms with Crippen LogP contribution in [0, 0.1) is 5.92 Å². The standard InChI is InChI=1S/C17H23N5O2.ClH/c1-12(2)8-13-10-24-7-6-22(13)17-20-15(9-16(23)21(17)3)14-4-5-18-11-19-14;/h4-5,9,11-13H,6-8,10H2,1-3H3;1H/t13-;/m1./s1. The van der Waals surface area contributed by atoms with Crippen molar-refractivity contribution < 1.29 is 4.74 Å². The Labute approximate surface area is 153 Å². The first-order valence-corrected chi connectivity index (χ1v) is 8.25. The fourth-order valence-corrected chi connectivity index (χ4v) is 3.02. The first kappa shape index (κ1) is 19.3. The number of ether oxygens (including phenoxy) is 1. The van der Waals surface area contributed by atoms with E-state index >= 15 is 0 Å². The molecule has 136 valence electrons. The largest absolute Gasteiger partial charge is 0.377 e. The maximum absolute atomic E-state index is 12.4. The monoisotopic (exact) mass is 365 g/mol. The number of nitrogens with zero attached hydrogens (tertiary/aromatic N) is 5. The van der Waals surface area contributed by atoms with Crippen molar-refractivity contribution in [3.63, 3.8) is 0 Å². The van der Waals surface area contributed by atoms with Gasteiger partial charge >= 0.3 is 0 Å². The zero-order chi connectivity index (χ0) is 17.1. The highest BCUT2D eigenvalue weighted by Gasteiger charge is 2.27. The van der Waals surface area contributed by atoms with E-state index in [2.05, 4.69) is 28.7 Å². The fraction of sp³-hybridized carbons (Fsp3) is 0.529. The fourth-order valence-electron chi connectivity index (χ4n) is 3.02. The van der Waals surface area contributed by atoms with E-state index in [1.54, 1.807) is 23.9 Å². The molecular formula is C17H24ClN5O2. The molecule has 25 heavy (non-hydrogen) atoms. The molecule has 0 unspecified atom stereocenters. The van der Waals surface area contributed by atoms with Gasteiger partial charge in [0.25, 0.3) is 5.56 Å². The Morgan fingerprint density at radius 3 is 2.84 bits per heavy atom. The molecule has 3 rings (SSSR count). The van der Waals surface area contributed by atoms with E-state index in [0.717, 1.165) is 13.0 Å². The molecule has 1 atom stereocenters. The van der Waals surface area contributed by atoms with E-state index in [1.807, 2.05) is 0 Å². The van der Waals surface area contributed by atoms with E-state index in [9.17, 15) is 4.79 Å². The summed E-state index contributed by atoms with van der Waals surface area (Å²) in [4.78, 5) is 27.5. The Morgan fingerprint density at radius 1 is 1.36 bits per heavy atom. The Kier molecular flexibility index (Phi) is 6.50. The van der Waals surface area contributed by atoms with Crippen LogP contribution in [0.15, 0.2) is 29.5 Å². The van der Waals surface area contributed by atoms with Crippen LogP contribution in [0.3, 0.4) is 0 Å². The van der Waals surface area contributed by atoms with E-state index in [0.29, 0.717) is 36.5 Å². The lowest BCUT2D eigenvalue weighted by atomic mass is 10.0. The highest BCUT2D eigenvalue weighted by atomic mass is 35.5. The second kappa shape index (κ2) is 8.40. The maximum Gasteiger partial charge on any atom is 0.255 e. The minimum Gasteiger partial charge on any atom is -0.377 e. The average molecular weight is 366 g/mol. The van der Waals surface area contributed by atoms with E-state index in [4.69, 9.17) is 9.72 Å². The molecule has 8 heteroatoms. The Balaban J connectivity index is 0.00000225. The Morgan fingerprint density at radius 2 is 2.16 bits per heavy atom. The minimum absolute atomic E-state index is 0. The van der Waals surface area contributed by atoms with Crippen molar-refractivity contribution in [2.75, 3.05) is 24.7 Å². The summed E-state index contributed by atoms with van der Waals surface area (Å²) < 4.78 is 7.24. The minimum atomic E-state index is -0.0941. The number of halogens is 1. The second-order valence-electron chi connectivity index (χ2n) is 6.48. The van der Waals surface area contributed by atoms with Gasteiger partial charge in [0.1, 0.15) is 6.33 Å². The normalized spacial score (nSPS) is 17.4. The third-order valence-corrected chi connectivity index (χ3v) is 4.18. The van der Waals surface area contributed by atoms with Crippen molar-refractivity contribution in [1.82, 2.24) is 19.5 Å². The molecule has 0 N–H and O–H groups in total. The molecular weight excluding hydrogens is 342 g/mol. The molecule has 7 nitrogen and oxygen atoms in total. The molecule has 1 fully saturated rings. The molecule has 0 bridgehead atoms. The highest BCUT2D eigenvalue weighted by molar-refractivity contribution is 5.85. The summed E-state index contributed by atoms with van der Waals surface area (Å²) in [7, 11) is 1.76. The van der Waals surface area contributed by atoms with Gasteiger partial charge in [0.2, 0.25) is 5.95 Å². The lowest BCUT2D eigenvalue weighted by Gasteiger charge is -2.38. The first-order valence-electron chi connectivity index (χ1n) is 8.25. The summed E-state index contributed by atoms with van der Waals surface area (Å²) in [6.45, 7) is 6.41. The van der Waals surface area contributed by atoms with Crippen molar-refractivity contribution in [2.24, 2.45) is 13.0 Å². The van der Waals surface area contributed by atoms with Crippen LogP contribution in [0.5, 0.6) is 0 Å². The van der Waals surface area contributed by atoms with Crippen molar-refractivity contribution in [3.8, 4) is 11.4 Å². The Hall–Kier alpha value is -1.99. The number of hydrogen-bond donors (Lipinski definition) is 0. The van der Waals surface area contributed by atoms with Gasteiger partial charge in [0.05, 0.1) is 30.6 Å². The van der Waals surface area contributed by atoms with Crippen LogP contribution in [0.4, 0.5) is 5.95 Å². The van der Waals surface area contributed by atoms with Gasteiger partial charge in [-0.2, -0.15) is 0 Å². The lowest BCUT2D eigenvalue weighted by molar-refractivity contribution is 0.0864. The molecule has 0 amide bonds. The molecule has 0 spiro atoms. The molecule has 1 aliphatic heterocycles.